The predicted octanol–water partition coefficient (Wildman–Crippen LogP) is 16.9. The fourth-order valence-electron chi connectivity index (χ4n) is 7.99. The first kappa shape index (κ1) is 51.5. The molecule has 64 heavy (non-hydrogen) atoms. The summed E-state index contributed by atoms with van der Waals surface area (Å²) in [6.45, 7) is 30.5. The largest absolute Gasteiger partial charge is 0.290 e. The summed E-state index contributed by atoms with van der Waals surface area (Å²) in [5.41, 5.74) is 7.27. The quantitative estimate of drug-likeness (QED) is 0.0906. The van der Waals surface area contributed by atoms with Crippen LogP contribution in [0.4, 0.5) is 0 Å². The third-order valence-corrected chi connectivity index (χ3v) is 11.3. The standard InChI is InChI=1S/C30H39NO.C22H31NO.C8H8/c1-23(2)29(27-20-14-9-15-21-27)31(30(4,5)6)32-28(26-18-12-8-13-19-26)22-24(3)25-16-10-7-11-17-25;1-17(2)21(20-15-11-8-12-16-20)23(22(4,5)6)24-18(3)19-13-9-7-10-14-19;1-2-8-6-4-3-5-7-8/h7-21,23-24,28-29H,22H2,1-6H3;7-18,21H,1-6H3;2-7H,1H2. The molecular weight excluding hydrogens is 781 g/mol. The van der Waals surface area contributed by atoms with Gasteiger partial charge in [0.1, 0.15) is 12.2 Å². The van der Waals surface area contributed by atoms with Gasteiger partial charge in [0.2, 0.25) is 0 Å². The van der Waals surface area contributed by atoms with E-state index in [4.69, 9.17) is 9.68 Å². The maximum atomic E-state index is 7.00. The van der Waals surface area contributed by atoms with E-state index in [1.54, 1.807) is 0 Å². The summed E-state index contributed by atoms with van der Waals surface area (Å²) in [4.78, 5) is 13.5. The van der Waals surface area contributed by atoms with Crippen molar-refractivity contribution in [3.05, 3.63) is 222 Å². The summed E-state index contributed by atoms with van der Waals surface area (Å²) in [5, 5.41) is 4.44. The molecule has 4 heteroatoms. The normalized spacial score (nSPS) is 14.1. The molecule has 0 aliphatic rings. The summed E-state index contributed by atoms with van der Waals surface area (Å²) in [7, 11) is 0. The molecule has 340 valence electrons. The first-order valence-electron chi connectivity index (χ1n) is 23.4. The number of hydroxylamine groups is 4. The Morgan fingerprint density at radius 1 is 0.422 bits per heavy atom. The number of benzene rings is 6. The monoisotopic (exact) mass is 859 g/mol. The number of hydrogen-bond acceptors (Lipinski definition) is 4. The second-order valence-electron chi connectivity index (χ2n) is 19.5. The average molecular weight is 859 g/mol. The summed E-state index contributed by atoms with van der Waals surface area (Å²) < 4.78 is 0. The molecule has 0 radical (unpaired) electrons. The zero-order valence-electron chi connectivity index (χ0n) is 41.1. The van der Waals surface area contributed by atoms with E-state index in [2.05, 4.69) is 245 Å². The molecule has 0 saturated carbocycles. The average Bonchev–Trinajstić information content (AvgIpc) is 3.29. The minimum atomic E-state index is -0.159. The Bertz CT molecular complexity index is 2130. The Hall–Kier alpha value is -5.10. The highest BCUT2D eigenvalue weighted by atomic mass is 16.7. The maximum absolute atomic E-state index is 7.00. The van der Waals surface area contributed by atoms with Gasteiger partial charge in [-0.3, -0.25) is 9.68 Å². The van der Waals surface area contributed by atoms with Crippen molar-refractivity contribution in [3.63, 3.8) is 0 Å². The van der Waals surface area contributed by atoms with Crippen molar-refractivity contribution in [3.8, 4) is 0 Å². The second-order valence-corrected chi connectivity index (χ2v) is 19.5. The van der Waals surface area contributed by atoms with Gasteiger partial charge in [-0.15, -0.1) is 0 Å². The van der Waals surface area contributed by atoms with Gasteiger partial charge >= 0.3 is 0 Å². The lowest BCUT2D eigenvalue weighted by atomic mass is 9.91. The van der Waals surface area contributed by atoms with Crippen molar-refractivity contribution in [2.45, 2.75) is 131 Å². The zero-order chi connectivity index (χ0) is 46.7. The van der Waals surface area contributed by atoms with Gasteiger partial charge < -0.3 is 0 Å². The van der Waals surface area contributed by atoms with Gasteiger partial charge in [0.25, 0.3) is 0 Å². The van der Waals surface area contributed by atoms with Gasteiger partial charge in [0.15, 0.2) is 0 Å². The number of nitrogens with zero attached hydrogens (tertiary/aromatic N) is 2. The van der Waals surface area contributed by atoms with E-state index in [-0.39, 0.29) is 35.4 Å². The van der Waals surface area contributed by atoms with Gasteiger partial charge in [0.05, 0.1) is 12.1 Å². The van der Waals surface area contributed by atoms with Crippen LogP contribution in [-0.2, 0) is 9.68 Å². The SMILES string of the molecule is C=Cc1ccccc1.CC(CC(ON(C(c1ccccc1)C(C)C)C(C)(C)C)c1ccccc1)c1ccccc1.CC(ON(C(c1ccccc1)C(C)C)C(C)(C)C)c1ccccc1. The molecule has 6 aromatic carbocycles. The molecular formula is C60H78N2O2. The highest BCUT2D eigenvalue weighted by molar-refractivity contribution is 5.45. The van der Waals surface area contributed by atoms with E-state index in [1.807, 2.05) is 42.5 Å². The van der Waals surface area contributed by atoms with Gasteiger partial charge in [-0.2, -0.15) is 10.1 Å². The summed E-state index contributed by atoms with van der Waals surface area (Å²) in [6, 6.07) is 63.7. The number of hydrogen-bond donors (Lipinski definition) is 0. The van der Waals surface area contributed by atoms with Crippen molar-refractivity contribution in [1.29, 1.82) is 0 Å². The Morgan fingerprint density at radius 3 is 1.06 bits per heavy atom. The third kappa shape index (κ3) is 16.2. The van der Waals surface area contributed by atoms with Crippen LogP contribution in [0.2, 0.25) is 0 Å². The van der Waals surface area contributed by atoms with E-state index in [9.17, 15) is 0 Å². The van der Waals surface area contributed by atoms with Gasteiger partial charge in [-0.05, 0) is 106 Å². The van der Waals surface area contributed by atoms with Gasteiger partial charge in [0, 0.05) is 11.1 Å². The summed E-state index contributed by atoms with van der Waals surface area (Å²) in [5.74, 6) is 1.23. The fourth-order valence-corrected chi connectivity index (χ4v) is 7.99. The Balaban J connectivity index is 0.000000245. The minimum Gasteiger partial charge on any atom is -0.290 e. The lowest BCUT2D eigenvalue weighted by molar-refractivity contribution is -0.278. The lowest BCUT2D eigenvalue weighted by Gasteiger charge is -2.44. The molecule has 0 spiro atoms. The first-order chi connectivity index (χ1) is 30.5. The molecule has 0 N–H and O–H groups in total. The van der Waals surface area contributed by atoms with Crippen LogP contribution in [-0.4, -0.2) is 21.2 Å². The fraction of sp³-hybridized carbons (Fsp3) is 0.367. The molecule has 5 unspecified atom stereocenters. The van der Waals surface area contributed by atoms with E-state index in [0.717, 1.165) is 6.42 Å². The van der Waals surface area contributed by atoms with Crippen LogP contribution >= 0.6 is 0 Å². The van der Waals surface area contributed by atoms with Gasteiger partial charge in [-0.1, -0.05) is 229 Å². The van der Waals surface area contributed by atoms with E-state index in [1.165, 1.54) is 33.4 Å². The van der Waals surface area contributed by atoms with Crippen molar-refractivity contribution in [2.75, 3.05) is 0 Å². The highest BCUT2D eigenvalue weighted by Crippen LogP contribution is 2.40. The van der Waals surface area contributed by atoms with E-state index < -0.39 is 0 Å². The lowest BCUT2D eigenvalue weighted by Crippen LogP contribution is -2.46. The molecule has 0 aliphatic heterocycles. The Morgan fingerprint density at radius 2 is 0.734 bits per heavy atom. The molecule has 0 bridgehead atoms. The molecule has 0 heterocycles. The molecule has 0 aromatic heterocycles. The molecule has 0 fully saturated rings. The van der Waals surface area contributed by atoms with Crippen molar-refractivity contribution >= 4 is 6.08 Å². The maximum Gasteiger partial charge on any atom is 0.105 e. The van der Waals surface area contributed by atoms with E-state index >= 15 is 0 Å². The smallest absolute Gasteiger partial charge is 0.105 e. The van der Waals surface area contributed by atoms with Crippen molar-refractivity contribution in [2.24, 2.45) is 11.8 Å². The van der Waals surface area contributed by atoms with E-state index in [0.29, 0.717) is 17.8 Å². The van der Waals surface area contributed by atoms with Crippen molar-refractivity contribution < 1.29 is 9.68 Å². The predicted molar refractivity (Wildman–Crippen MR) is 273 cm³/mol. The van der Waals surface area contributed by atoms with Crippen molar-refractivity contribution in [1.82, 2.24) is 10.1 Å². The van der Waals surface area contributed by atoms with Crippen LogP contribution in [0.25, 0.3) is 6.08 Å². The van der Waals surface area contributed by atoms with Crippen LogP contribution in [0.5, 0.6) is 0 Å². The van der Waals surface area contributed by atoms with Crippen LogP contribution in [0.3, 0.4) is 0 Å². The molecule has 6 aromatic rings. The first-order valence-corrected chi connectivity index (χ1v) is 23.4. The minimum absolute atomic E-state index is 0.00962. The molecule has 4 nitrogen and oxygen atoms in total. The second kappa shape index (κ2) is 25.4. The highest BCUT2D eigenvalue weighted by Gasteiger charge is 2.37. The zero-order valence-corrected chi connectivity index (χ0v) is 41.1. The molecule has 0 amide bonds. The third-order valence-electron chi connectivity index (χ3n) is 11.3. The molecule has 0 aliphatic carbocycles. The van der Waals surface area contributed by atoms with Crippen LogP contribution in [0.1, 0.15) is 153 Å². The summed E-state index contributed by atoms with van der Waals surface area (Å²) in [6.07, 6.45) is 2.73. The Kier molecular flexibility index (Phi) is 20.5. The molecule has 0 saturated heterocycles. The molecule has 6 rings (SSSR count). The topological polar surface area (TPSA) is 24.9 Å². The van der Waals surface area contributed by atoms with Crippen LogP contribution in [0, 0.1) is 11.8 Å². The van der Waals surface area contributed by atoms with Gasteiger partial charge in [-0.25, -0.2) is 0 Å². The molecule has 5 atom stereocenters. The number of rotatable bonds is 16. The Labute approximate surface area is 388 Å². The summed E-state index contributed by atoms with van der Waals surface area (Å²) >= 11 is 0. The van der Waals surface area contributed by atoms with Crippen LogP contribution in [0.15, 0.2) is 189 Å². The van der Waals surface area contributed by atoms with Crippen LogP contribution < -0.4 is 0 Å².